The molecule has 1 aromatic carbocycles. The van der Waals surface area contributed by atoms with E-state index in [1.54, 1.807) is 0 Å². The Kier molecular flexibility index (Phi) is 5.46. The number of hydrogen-bond acceptors (Lipinski definition) is 3. The summed E-state index contributed by atoms with van der Waals surface area (Å²) in [5.74, 6) is -1.01. The maximum atomic E-state index is 13.2. The summed E-state index contributed by atoms with van der Waals surface area (Å²) in [4.78, 5) is 4.64. The van der Waals surface area contributed by atoms with Crippen molar-refractivity contribution in [3.63, 3.8) is 0 Å². The molecule has 0 aromatic heterocycles. The predicted octanol–water partition coefficient (Wildman–Crippen LogP) is 1.82. The van der Waals surface area contributed by atoms with Crippen molar-refractivity contribution in [1.29, 1.82) is 0 Å². The number of nitrogens with two attached hydrogens (primary N) is 1. The van der Waals surface area contributed by atoms with Crippen molar-refractivity contribution >= 4 is 0 Å². The van der Waals surface area contributed by atoms with Crippen LogP contribution < -0.4 is 5.73 Å². The van der Waals surface area contributed by atoms with Gasteiger partial charge in [-0.15, -0.1) is 0 Å². The van der Waals surface area contributed by atoms with Crippen LogP contribution in [-0.4, -0.2) is 48.6 Å². The van der Waals surface area contributed by atoms with Crippen LogP contribution in [0.5, 0.6) is 0 Å². The van der Waals surface area contributed by atoms with Gasteiger partial charge in [0.1, 0.15) is 11.6 Å². The lowest BCUT2D eigenvalue weighted by Gasteiger charge is -2.38. The zero-order valence-electron chi connectivity index (χ0n) is 12.0. The molecular weight excluding hydrogens is 260 g/mol. The average Bonchev–Trinajstić information content (AvgIpc) is 2.41. The number of hydrogen-bond donors (Lipinski definition) is 1. The smallest absolute Gasteiger partial charge is 0.126 e. The summed E-state index contributed by atoms with van der Waals surface area (Å²) < 4.78 is 26.3. The molecule has 1 atom stereocenters. The summed E-state index contributed by atoms with van der Waals surface area (Å²) in [6.07, 6.45) is 1.06. The van der Waals surface area contributed by atoms with Crippen LogP contribution in [0, 0.1) is 11.6 Å². The van der Waals surface area contributed by atoms with E-state index >= 15 is 0 Å². The monoisotopic (exact) mass is 283 g/mol. The Hall–Kier alpha value is -1.04. The van der Waals surface area contributed by atoms with Gasteiger partial charge in [-0.1, -0.05) is 6.92 Å². The van der Waals surface area contributed by atoms with Crippen LogP contribution in [0.15, 0.2) is 18.2 Å². The summed E-state index contributed by atoms with van der Waals surface area (Å²) in [7, 11) is 0. The van der Waals surface area contributed by atoms with Gasteiger partial charge in [-0.25, -0.2) is 8.78 Å². The third-order valence-corrected chi connectivity index (χ3v) is 4.00. The number of nitrogens with zero attached hydrogens (tertiary/aromatic N) is 2. The molecule has 0 spiro atoms. The summed E-state index contributed by atoms with van der Waals surface area (Å²) >= 11 is 0. The average molecular weight is 283 g/mol. The Morgan fingerprint density at radius 2 is 1.70 bits per heavy atom. The minimum absolute atomic E-state index is 0.448. The highest BCUT2D eigenvalue weighted by Crippen LogP contribution is 2.14. The molecule has 0 saturated carbocycles. The Morgan fingerprint density at radius 1 is 1.10 bits per heavy atom. The second-order valence-corrected chi connectivity index (χ2v) is 5.39. The van der Waals surface area contributed by atoms with E-state index in [4.69, 9.17) is 5.73 Å². The van der Waals surface area contributed by atoms with Gasteiger partial charge in [0.25, 0.3) is 0 Å². The van der Waals surface area contributed by atoms with Crippen molar-refractivity contribution in [3.8, 4) is 0 Å². The summed E-state index contributed by atoms with van der Waals surface area (Å²) in [6, 6.07) is 4.17. The first kappa shape index (κ1) is 15.4. The highest BCUT2D eigenvalue weighted by molar-refractivity contribution is 5.17. The fraction of sp³-hybridized carbons (Fsp3) is 0.600. The van der Waals surface area contributed by atoms with Crippen molar-refractivity contribution in [3.05, 3.63) is 35.4 Å². The molecule has 1 heterocycles. The van der Waals surface area contributed by atoms with Gasteiger partial charge in [0.05, 0.1) is 0 Å². The van der Waals surface area contributed by atoms with Gasteiger partial charge in [0.2, 0.25) is 0 Å². The fourth-order valence-electron chi connectivity index (χ4n) is 2.82. The van der Waals surface area contributed by atoms with E-state index in [9.17, 15) is 8.78 Å². The first-order chi connectivity index (χ1) is 9.62. The van der Waals surface area contributed by atoms with Crippen LogP contribution in [0.2, 0.25) is 0 Å². The van der Waals surface area contributed by atoms with E-state index in [2.05, 4.69) is 16.7 Å². The zero-order chi connectivity index (χ0) is 14.5. The van der Waals surface area contributed by atoms with E-state index < -0.39 is 11.6 Å². The van der Waals surface area contributed by atoms with E-state index in [1.807, 2.05) is 0 Å². The molecule has 1 saturated heterocycles. The van der Waals surface area contributed by atoms with E-state index in [1.165, 1.54) is 12.1 Å². The molecule has 0 radical (unpaired) electrons. The highest BCUT2D eigenvalue weighted by atomic mass is 19.1. The predicted molar refractivity (Wildman–Crippen MR) is 76.3 cm³/mol. The van der Waals surface area contributed by atoms with Crippen LogP contribution in [0.1, 0.15) is 18.9 Å². The minimum Gasteiger partial charge on any atom is -0.329 e. The number of piperazine rings is 1. The lowest BCUT2D eigenvalue weighted by molar-refractivity contribution is 0.0925. The van der Waals surface area contributed by atoms with Crippen LogP contribution in [0.25, 0.3) is 0 Å². The quantitative estimate of drug-likeness (QED) is 0.894. The molecule has 1 aliphatic heterocycles. The molecule has 1 aromatic rings. The van der Waals surface area contributed by atoms with Gasteiger partial charge in [0, 0.05) is 51.4 Å². The third kappa shape index (κ3) is 3.98. The van der Waals surface area contributed by atoms with Crippen LogP contribution in [-0.2, 0) is 6.54 Å². The van der Waals surface area contributed by atoms with Gasteiger partial charge in [0.15, 0.2) is 0 Å². The van der Waals surface area contributed by atoms with Gasteiger partial charge < -0.3 is 5.73 Å². The molecule has 0 aliphatic carbocycles. The van der Waals surface area contributed by atoms with Crippen LogP contribution in [0.3, 0.4) is 0 Å². The maximum Gasteiger partial charge on any atom is 0.126 e. The van der Waals surface area contributed by atoms with Gasteiger partial charge in [-0.2, -0.15) is 0 Å². The van der Waals surface area contributed by atoms with Crippen molar-refractivity contribution in [1.82, 2.24) is 9.80 Å². The molecule has 20 heavy (non-hydrogen) atoms. The number of rotatable bonds is 5. The Bertz CT molecular complexity index is 407. The molecule has 1 unspecified atom stereocenters. The SMILES string of the molecule is CCC(CN)N1CCN(Cc2cc(F)cc(F)c2)CC1. The maximum absolute atomic E-state index is 13.2. The largest absolute Gasteiger partial charge is 0.329 e. The third-order valence-electron chi connectivity index (χ3n) is 4.00. The summed E-state index contributed by atoms with van der Waals surface area (Å²) in [6.45, 7) is 7.19. The molecule has 2 rings (SSSR count). The fourth-order valence-corrected chi connectivity index (χ4v) is 2.82. The number of benzene rings is 1. The lowest BCUT2D eigenvalue weighted by atomic mass is 10.1. The molecule has 2 N–H and O–H groups in total. The molecular formula is C15H23F2N3. The topological polar surface area (TPSA) is 32.5 Å². The van der Waals surface area contributed by atoms with Crippen molar-refractivity contribution in [2.75, 3.05) is 32.7 Å². The van der Waals surface area contributed by atoms with Crippen LogP contribution >= 0.6 is 0 Å². The molecule has 1 fully saturated rings. The lowest BCUT2D eigenvalue weighted by Crippen LogP contribution is -2.51. The molecule has 3 nitrogen and oxygen atoms in total. The Balaban J connectivity index is 1.88. The normalized spacial score (nSPS) is 19.2. The first-order valence-corrected chi connectivity index (χ1v) is 7.23. The summed E-state index contributed by atoms with van der Waals surface area (Å²) in [5.41, 5.74) is 6.46. The minimum atomic E-state index is -0.507. The Labute approximate surface area is 119 Å². The van der Waals surface area contributed by atoms with Gasteiger partial charge in [-0.3, -0.25) is 9.80 Å². The molecule has 5 heteroatoms. The van der Waals surface area contributed by atoms with Crippen LogP contribution in [0.4, 0.5) is 8.78 Å². The van der Waals surface area contributed by atoms with E-state index in [-0.39, 0.29) is 0 Å². The zero-order valence-corrected chi connectivity index (χ0v) is 12.0. The molecule has 1 aliphatic rings. The highest BCUT2D eigenvalue weighted by Gasteiger charge is 2.21. The molecule has 112 valence electrons. The molecule has 0 bridgehead atoms. The Morgan fingerprint density at radius 3 is 2.20 bits per heavy atom. The van der Waals surface area contributed by atoms with Crippen molar-refractivity contribution in [2.24, 2.45) is 5.73 Å². The van der Waals surface area contributed by atoms with E-state index in [0.717, 1.165) is 38.7 Å². The number of halogens is 2. The first-order valence-electron chi connectivity index (χ1n) is 7.23. The van der Waals surface area contributed by atoms with Crippen molar-refractivity contribution < 1.29 is 8.78 Å². The second-order valence-electron chi connectivity index (χ2n) is 5.39. The second kappa shape index (κ2) is 7.11. The van der Waals surface area contributed by atoms with Gasteiger partial charge >= 0.3 is 0 Å². The summed E-state index contributed by atoms with van der Waals surface area (Å²) in [5, 5.41) is 0. The standard InChI is InChI=1S/C15H23F2N3/c1-2-15(10-18)20-5-3-19(4-6-20)11-12-7-13(16)9-14(17)8-12/h7-9,15H,2-6,10-11,18H2,1H3. The van der Waals surface area contributed by atoms with Gasteiger partial charge in [-0.05, 0) is 24.1 Å². The van der Waals surface area contributed by atoms with E-state index in [0.29, 0.717) is 24.7 Å². The molecule has 0 amide bonds. The van der Waals surface area contributed by atoms with Crippen molar-refractivity contribution in [2.45, 2.75) is 25.9 Å².